The van der Waals surface area contributed by atoms with E-state index in [0.717, 1.165) is 12.8 Å². The molecular formula is C27H25N. The van der Waals surface area contributed by atoms with E-state index in [-0.39, 0.29) is 0 Å². The first-order valence-corrected chi connectivity index (χ1v) is 10.2. The van der Waals surface area contributed by atoms with Crippen LogP contribution in [0.2, 0.25) is 0 Å². The third-order valence-electron chi connectivity index (χ3n) is 5.92. The van der Waals surface area contributed by atoms with E-state index in [1.165, 1.54) is 44.5 Å². The van der Waals surface area contributed by atoms with Gasteiger partial charge >= 0.3 is 0 Å². The van der Waals surface area contributed by atoms with E-state index in [2.05, 4.69) is 104 Å². The smallest absolute Gasteiger partial charge is 0.0540 e. The molecule has 0 amide bonds. The van der Waals surface area contributed by atoms with E-state index in [4.69, 9.17) is 0 Å². The second-order valence-electron chi connectivity index (χ2n) is 8.01. The van der Waals surface area contributed by atoms with Crippen molar-refractivity contribution in [3.05, 3.63) is 102 Å². The fraction of sp³-hybridized carbons (Fsp3) is 0.185. The maximum absolute atomic E-state index is 2.49. The molecule has 4 aromatic carbocycles. The number of anilines is 3. The maximum atomic E-state index is 2.49. The molecule has 5 rings (SSSR count). The summed E-state index contributed by atoms with van der Waals surface area (Å²) >= 11 is 0. The lowest BCUT2D eigenvalue weighted by Gasteiger charge is -2.29. The quantitative estimate of drug-likeness (QED) is 0.356. The number of hydrogen-bond donors (Lipinski definition) is 0. The standard InChI is InChI=1S/C27H25N/c1-19(2)23-17-16-22-15-14-21-9-4-6-12-25(21)28(27(22)18-23)26-13-7-10-20-8-3-5-11-24(20)26/h3-13,16-19H,14-15H2,1-2H3. The molecule has 138 valence electrons. The van der Waals surface area contributed by atoms with Crippen molar-refractivity contribution in [3.8, 4) is 0 Å². The van der Waals surface area contributed by atoms with Crippen molar-refractivity contribution in [2.75, 3.05) is 4.90 Å². The van der Waals surface area contributed by atoms with Crippen molar-refractivity contribution < 1.29 is 0 Å². The Labute approximate surface area is 167 Å². The van der Waals surface area contributed by atoms with Gasteiger partial charge in [-0.2, -0.15) is 0 Å². The van der Waals surface area contributed by atoms with Crippen LogP contribution in [-0.4, -0.2) is 0 Å². The molecule has 1 heterocycles. The summed E-state index contributed by atoms with van der Waals surface area (Å²) in [5.74, 6) is 0.512. The number of benzene rings is 4. The Balaban J connectivity index is 1.84. The van der Waals surface area contributed by atoms with E-state index in [0.29, 0.717) is 5.92 Å². The van der Waals surface area contributed by atoms with Crippen molar-refractivity contribution in [2.24, 2.45) is 0 Å². The first-order valence-electron chi connectivity index (χ1n) is 10.2. The Hall–Kier alpha value is -3.06. The zero-order valence-corrected chi connectivity index (χ0v) is 16.5. The van der Waals surface area contributed by atoms with Gasteiger partial charge in [0.15, 0.2) is 0 Å². The number of nitrogens with zero attached hydrogens (tertiary/aromatic N) is 1. The highest BCUT2D eigenvalue weighted by atomic mass is 15.2. The van der Waals surface area contributed by atoms with Gasteiger partial charge in [0.25, 0.3) is 0 Å². The van der Waals surface area contributed by atoms with Gasteiger partial charge in [-0.05, 0) is 59.0 Å². The minimum absolute atomic E-state index is 0.512. The van der Waals surface area contributed by atoms with E-state index in [9.17, 15) is 0 Å². The topological polar surface area (TPSA) is 3.24 Å². The summed E-state index contributed by atoms with van der Waals surface area (Å²) in [4.78, 5) is 2.49. The minimum atomic E-state index is 0.512. The van der Waals surface area contributed by atoms with Gasteiger partial charge in [0.1, 0.15) is 0 Å². The van der Waals surface area contributed by atoms with Crippen LogP contribution in [0.4, 0.5) is 17.1 Å². The van der Waals surface area contributed by atoms with Crippen LogP contribution < -0.4 is 4.90 Å². The molecule has 0 atom stereocenters. The molecule has 0 fully saturated rings. The molecule has 1 heteroatoms. The molecule has 0 radical (unpaired) electrons. The molecule has 0 unspecified atom stereocenters. The van der Waals surface area contributed by atoms with Crippen molar-refractivity contribution >= 4 is 27.8 Å². The van der Waals surface area contributed by atoms with Crippen molar-refractivity contribution in [1.82, 2.24) is 0 Å². The third-order valence-corrected chi connectivity index (χ3v) is 5.92. The van der Waals surface area contributed by atoms with Gasteiger partial charge in [0.2, 0.25) is 0 Å². The van der Waals surface area contributed by atoms with Gasteiger partial charge < -0.3 is 4.90 Å². The number of aryl methyl sites for hydroxylation is 2. The molecule has 0 aliphatic carbocycles. The molecule has 1 aliphatic heterocycles. The van der Waals surface area contributed by atoms with E-state index < -0.39 is 0 Å². The van der Waals surface area contributed by atoms with E-state index in [1.807, 2.05) is 0 Å². The molecule has 0 spiro atoms. The molecule has 0 N–H and O–H groups in total. The summed E-state index contributed by atoms with van der Waals surface area (Å²) in [6.45, 7) is 4.54. The van der Waals surface area contributed by atoms with Crippen LogP contribution in [0.25, 0.3) is 10.8 Å². The van der Waals surface area contributed by atoms with Crippen LogP contribution in [0.15, 0.2) is 84.9 Å². The van der Waals surface area contributed by atoms with E-state index >= 15 is 0 Å². The second kappa shape index (κ2) is 6.83. The van der Waals surface area contributed by atoms with Gasteiger partial charge in [0, 0.05) is 16.8 Å². The van der Waals surface area contributed by atoms with Gasteiger partial charge in [-0.15, -0.1) is 0 Å². The van der Waals surface area contributed by atoms with Crippen LogP contribution in [0, 0.1) is 0 Å². The third kappa shape index (κ3) is 2.79. The van der Waals surface area contributed by atoms with Gasteiger partial charge in [-0.3, -0.25) is 0 Å². The maximum Gasteiger partial charge on any atom is 0.0540 e. The summed E-state index contributed by atoms with van der Waals surface area (Å²) in [6.07, 6.45) is 2.15. The summed E-state index contributed by atoms with van der Waals surface area (Å²) in [5, 5.41) is 2.57. The largest absolute Gasteiger partial charge is 0.309 e. The molecule has 1 nitrogen and oxygen atoms in total. The first-order chi connectivity index (χ1) is 13.7. The molecule has 4 aromatic rings. The predicted molar refractivity (Wildman–Crippen MR) is 120 cm³/mol. The number of rotatable bonds is 2. The average molecular weight is 364 g/mol. The van der Waals surface area contributed by atoms with Gasteiger partial charge in [-0.25, -0.2) is 0 Å². The molecule has 0 saturated carbocycles. The highest BCUT2D eigenvalue weighted by Crippen LogP contribution is 2.44. The molecule has 0 aromatic heterocycles. The Morgan fingerprint density at radius 2 is 1.32 bits per heavy atom. The minimum Gasteiger partial charge on any atom is -0.309 e. The first kappa shape index (κ1) is 17.1. The van der Waals surface area contributed by atoms with Crippen LogP contribution in [0.1, 0.15) is 36.5 Å². The zero-order valence-electron chi connectivity index (χ0n) is 16.5. The van der Waals surface area contributed by atoms with Crippen molar-refractivity contribution in [3.63, 3.8) is 0 Å². The summed E-state index contributed by atoms with van der Waals surface area (Å²) in [6, 6.07) is 31.3. The highest BCUT2D eigenvalue weighted by Gasteiger charge is 2.23. The molecule has 28 heavy (non-hydrogen) atoms. The Bertz CT molecular complexity index is 1150. The molecule has 0 bridgehead atoms. The molecule has 1 aliphatic rings. The normalized spacial score (nSPS) is 13.3. The second-order valence-corrected chi connectivity index (χ2v) is 8.01. The highest BCUT2D eigenvalue weighted by molar-refractivity contribution is 5.99. The van der Waals surface area contributed by atoms with Crippen LogP contribution in [-0.2, 0) is 12.8 Å². The Kier molecular flexibility index (Phi) is 4.16. The van der Waals surface area contributed by atoms with E-state index in [1.54, 1.807) is 0 Å². The summed E-state index contributed by atoms with van der Waals surface area (Å²) in [5.41, 5.74) is 8.12. The Morgan fingerprint density at radius 1 is 0.643 bits per heavy atom. The predicted octanol–water partition coefficient (Wildman–Crippen LogP) is 7.53. The fourth-order valence-electron chi connectivity index (χ4n) is 4.36. The number of hydrogen-bond acceptors (Lipinski definition) is 1. The van der Waals surface area contributed by atoms with Crippen molar-refractivity contribution in [2.45, 2.75) is 32.6 Å². The van der Waals surface area contributed by atoms with Crippen molar-refractivity contribution in [1.29, 1.82) is 0 Å². The monoisotopic (exact) mass is 363 g/mol. The van der Waals surface area contributed by atoms with Crippen LogP contribution in [0.3, 0.4) is 0 Å². The van der Waals surface area contributed by atoms with Gasteiger partial charge in [0.05, 0.1) is 5.69 Å². The molecular weight excluding hydrogens is 338 g/mol. The summed E-state index contributed by atoms with van der Waals surface area (Å²) < 4.78 is 0. The lowest BCUT2D eigenvalue weighted by atomic mass is 9.97. The lowest BCUT2D eigenvalue weighted by molar-refractivity contribution is 0.864. The number of para-hydroxylation sites is 1. The number of fused-ring (bicyclic) bond motifs is 3. The zero-order chi connectivity index (χ0) is 19.1. The van der Waals surface area contributed by atoms with Crippen LogP contribution in [0.5, 0.6) is 0 Å². The summed E-state index contributed by atoms with van der Waals surface area (Å²) in [7, 11) is 0. The van der Waals surface area contributed by atoms with Crippen LogP contribution >= 0.6 is 0 Å². The van der Waals surface area contributed by atoms with Gasteiger partial charge in [-0.1, -0.05) is 80.6 Å². The fourth-order valence-corrected chi connectivity index (χ4v) is 4.36. The lowest BCUT2D eigenvalue weighted by Crippen LogP contribution is -2.12. The SMILES string of the molecule is CC(C)c1ccc2c(c1)N(c1cccc3ccccc13)c1ccccc1CC2. The molecule has 0 saturated heterocycles. The Morgan fingerprint density at radius 3 is 2.18 bits per heavy atom. The average Bonchev–Trinajstić information content (AvgIpc) is 2.89.